The van der Waals surface area contributed by atoms with Gasteiger partial charge in [-0.15, -0.1) is 0 Å². The molecule has 2 aromatic heterocycles. The molecule has 2 atom stereocenters. The lowest BCUT2D eigenvalue weighted by Gasteiger charge is -2.36. The second-order valence-corrected chi connectivity index (χ2v) is 7.06. The molecule has 7 nitrogen and oxygen atoms in total. The predicted octanol–water partition coefficient (Wildman–Crippen LogP) is 2.35. The third kappa shape index (κ3) is 5.92. The Morgan fingerprint density at radius 3 is 2.61 bits per heavy atom. The molecule has 0 radical (unpaired) electrons. The molecule has 0 spiro atoms. The summed E-state index contributed by atoms with van der Waals surface area (Å²) in [6, 6.07) is 10.1. The number of ether oxygens (including phenoxy) is 1. The average molecular weight is 383 g/mol. The normalized spacial score (nSPS) is 20.1. The van der Waals surface area contributed by atoms with Crippen LogP contribution in [0.3, 0.4) is 0 Å². The van der Waals surface area contributed by atoms with Gasteiger partial charge < -0.3 is 20.3 Å². The van der Waals surface area contributed by atoms with Crippen LogP contribution in [0.5, 0.6) is 0 Å². The van der Waals surface area contributed by atoms with E-state index in [1.165, 1.54) is 0 Å². The molecule has 0 bridgehead atoms. The number of nitrogens with zero attached hydrogens (tertiary/aromatic N) is 4. The molecule has 0 aromatic carbocycles. The first-order valence-corrected chi connectivity index (χ1v) is 9.91. The fourth-order valence-electron chi connectivity index (χ4n) is 3.25. The monoisotopic (exact) mass is 382 g/mol. The van der Waals surface area contributed by atoms with Crippen molar-refractivity contribution in [3.8, 4) is 0 Å². The van der Waals surface area contributed by atoms with Crippen LogP contribution in [0.1, 0.15) is 32.0 Å². The van der Waals surface area contributed by atoms with E-state index >= 15 is 0 Å². The van der Waals surface area contributed by atoms with E-state index < -0.39 is 0 Å². The molecule has 1 aliphatic rings. The van der Waals surface area contributed by atoms with Crippen molar-refractivity contribution in [2.24, 2.45) is 4.99 Å². The highest BCUT2D eigenvalue weighted by atomic mass is 16.5. The highest BCUT2D eigenvalue weighted by Crippen LogP contribution is 2.18. The van der Waals surface area contributed by atoms with E-state index in [9.17, 15) is 0 Å². The Morgan fingerprint density at radius 1 is 1.14 bits per heavy atom. The molecule has 2 N–H and O–H groups in total. The largest absolute Gasteiger partial charge is 0.372 e. The van der Waals surface area contributed by atoms with Crippen LogP contribution in [0.4, 0.5) is 5.82 Å². The number of nitrogens with one attached hydrogen (secondary N) is 2. The van der Waals surface area contributed by atoms with Crippen molar-refractivity contribution in [1.29, 1.82) is 0 Å². The number of aromatic nitrogens is 2. The second kappa shape index (κ2) is 10.0. The van der Waals surface area contributed by atoms with E-state index in [4.69, 9.17) is 4.74 Å². The van der Waals surface area contributed by atoms with Crippen molar-refractivity contribution in [3.63, 3.8) is 0 Å². The van der Waals surface area contributed by atoms with Crippen LogP contribution in [-0.2, 0) is 17.8 Å². The summed E-state index contributed by atoms with van der Waals surface area (Å²) in [5, 5.41) is 6.58. The van der Waals surface area contributed by atoms with Gasteiger partial charge in [-0.2, -0.15) is 0 Å². The highest BCUT2D eigenvalue weighted by Gasteiger charge is 2.22. The highest BCUT2D eigenvalue weighted by molar-refractivity contribution is 5.79. The number of anilines is 1. The van der Waals surface area contributed by atoms with E-state index in [1.807, 2.05) is 24.4 Å². The average Bonchev–Trinajstić information content (AvgIpc) is 2.70. The molecule has 28 heavy (non-hydrogen) atoms. The molecule has 2 aromatic rings. The molecule has 0 saturated carbocycles. The first-order valence-electron chi connectivity index (χ1n) is 9.91. The zero-order chi connectivity index (χ0) is 19.8. The number of hydrogen-bond acceptors (Lipinski definition) is 5. The van der Waals surface area contributed by atoms with Gasteiger partial charge in [-0.1, -0.05) is 12.1 Å². The quantitative estimate of drug-likeness (QED) is 0.590. The molecule has 7 heteroatoms. The van der Waals surface area contributed by atoms with Crippen molar-refractivity contribution in [1.82, 2.24) is 20.6 Å². The van der Waals surface area contributed by atoms with Gasteiger partial charge in [0.15, 0.2) is 5.96 Å². The van der Waals surface area contributed by atoms with Gasteiger partial charge in [-0.25, -0.2) is 9.98 Å². The molecular weight excluding hydrogens is 352 g/mol. The fourth-order valence-corrected chi connectivity index (χ4v) is 3.25. The maximum atomic E-state index is 5.80. The zero-order valence-corrected chi connectivity index (χ0v) is 16.9. The molecular formula is C21H30N6O. The van der Waals surface area contributed by atoms with Crippen molar-refractivity contribution in [3.05, 3.63) is 54.0 Å². The van der Waals surface area contributed by atoms with E-state index in [2.05, 4.69) is 63.4 Å². The number of aliphatic imine (C=N–C) groups is 1. The third-order valence-corrected chi connectivity index (χ3v) is 4.48. The lowest BCUT2D eigenvalue weighted by Crippen LogP contribution is -2.45. The van der Waals surface area contributed by atoms with Crippen LogP contribution in [0.25, 0.3) is 0 Å². The van der Waals surface area contributed by atoms with E-state index in [1.54, 1.807) is 6.20 Å². The van der Waals surface area contributed by atoms with Crippen molar-refractivity contribution in [2.75, 3.05) is 24.5 Å². The molecule has 150 valence electrons. The van der Waals surface area contributed by atoms with Gasteiger partial charge in [-0.3, -0.25) is 4.98 Å². The summed E-state index contributed by atoms with van der Waals surface area (Å²) in [5.41, 5.74) is 2.06. The van der Waals surface area contributed by atoms with Crippen LogP contribution in [0, 0.1) is 0 Å². The van der Waals surface area contributed by atoms with Gasteiger partial charge in [0.2, 0.25) is 0 Å². The number of pyridine rings is 2. The van der Waals surface area contributed by atoms with E-state index in [-0.39, 0.29) is 12.2 Å². The van der Waals surface area contributed by atoms with Crippen molar-refractivity contribution < 1.29 is 4.74 Å². The minimum absolute atomic E-state index is 0.225. The van der Waals surface area contributed by atoms with Gasteiger partial charge >= 0.3 is 0 Å². The Morgan fingerprint density at radius 2 is 1.96 bits per heavy atom. The first kappa shape index (κ1) is 20.1. The Labute approximate surface area is 167 Å². The standard InChI is InChI=1S/C21H30N6O/c1-4-22-21(26-13-19-7-5-6-10-23-19)25-12-18-8-9-20(24-11-18)27-14-16(2)28-17(3)15-27/h5-11,16-17H,4,12-15H2,1-3H3,(H2,22,25,26). The zero-order valence-electron chi connectivity index (χ0n) is 16.9. The smallest absolute Gasteiger partial charge is 0.191 e. The van der Waals surface area contributed by atoms with Gasteiger partial charge in [0, 0.05) is 32.0 Å². The van der Waals surface area contributed by atoms with Gasteiger partial charge in [0.25, 0.3) is 0 Å². The van der Waals surface area contributed by atoms with Crippen LogP contribution < -0.4 is 15.5 Å². The summed E-state index contributed by atoms with van der Waals surface area (Å²) >= 11 is 0. The van der Waals surface area contributed by atoms with Crippen molar-refractivity contribution in [2.45, 2.75) is 46.1 Å². The molecule has 3 heterocycles. The van der Waals surface area contributed by atoms with Gasteiger partial charge in [0.05, 0.1) is 31.0 Å². The summed E-state index contributed by atoms with van der Waals surface area (Å²) < 4.78 is 5.80. The number of hydrogen-bond donors (Lipinski definition) is 2. The molecule has 1 aliphatic heterocycles. The molecule has 3 rings (SSSR count). The molecule has 1 fully saturated rings. The summed E-state index contributed by atoms with van der Waals surface area (Å²) in [7, 11) is 0. The minimum Gasteiger partial charge on any atom is -0.372 e. The maximum absolute atomic E-state index is 5.80. The Hall–Kier alpha value is -2.67. The number of morpholine rings is 1. The molecule has 0 amide bonds. The summed E-state index contributed by atoms with van der Waals surface area (Å²) in [5.74, 6) is 1.77. The minimum atomic E-state index is 0.225. The third-order valence-electron chi connectivity index (χ3n) is 4.48. The SMILES string of the molecule is CCNC(=NCc1ccc(N2CC(C)OC(C)C2)nc1)NCc1ccccn1. The Bertz CT molecular complexity index is 739. The van der Waals surface area contributed by atoms with E-state index in [0.717, 1.165) is 42.7 Å². The van der Waals surface area contributed by atoms with E-state index in [0.29, 0.717) is 13.1 Å². The number of rotatable bonds is 6. The first-order chi connectivity index (χ1) is 13.6. The molecule has 2 unspecified atom stereocenters. The van der Waals surface area contributed by atoms with Crippen LogP contribution >= 0.6 is 0 Å². The fraction of sp³-hybridized carbons (Fsp3) is 0.476. The number of guanidine groups is 1. The molecule has 1 saturated heterocycles. The predicted molar refractivity (Wildman–Crippen MR) is 112 cm³/mol. The second-order valence-electron chi connectivity index (χ2n) is 7.06. The van der Waals surface area contributed by atoms with Crippen LogP contribution in [0.15, 0.2) is 47.7 Å². The van der Waals surface area contributed by atoms with Gasteiger partial charge in [0.1, 0.15) is 5.82 Å². The lowest BCUT2D eigenvalue weighted by molar-refractivity contribution is -0.00545. The summed E-state index contributed by atoms with van der Waals surface area (Å²) in [6.07, 6.45) is 4.15. The van der Waals surface area contributed by atoms with Gasteiger partial charge in [-0.05, 0) is 44.5 Å². The maximum Gasteiger partial charge on any atom is 0.191 e. The molecule has 0 aliphatic carbocycles. The Kier molecular flexibility index (Phi) is 7.19. The Balaban J connectivity index is 1.58. The van der Waals surface area contributed by atoms with Crippen molar-refractivity contribution >= 4 is 11.8 Å². The van der Waals surface area contributed by atoms with Crippen LogP contribution in [0.2, 0.25) is 0 Å². The summed E-state index contributed by atoms with van der Waals surface area (Å²) in [4.78, 5) is 15.9. The lowest BCUT2D eigenvalue weighted by atomic mass is 10.2. The van der Waals surface area contributed by atoms with Crippen LogP contribution in [-0.4, -0.2) is 47.8 Å². The summed E-state index contributed by atoms with van der Waals surface area (Å²) in [6.45, 7) is 10.0. The topological polar surface area (TPSA) is 74.7 Å².